The van der Waals surface area contributed by atoms with Gasteiger partial charge < -0.3 is 9.47 Å². The fraction of sp³-hybridized carbons (Fsp3) is 0.500. The molecule has 84 valence electrons. The minimum Gasteiger partial charge on any atom is -0.353 e. The van der Waals surface area contributed by atoms with E-state index in [1.54, 1.807) is 0 Å². The van der Waals surface area contributed by atoms with Crippen LogP contribution in [0.4, 0.5) is 0 Å². The van der Waals surface area contributed by atoms with Crippen LogP contribution < -0.4 is 3.69 Å². The summed E-state index contributed by atoms with van der Waals surface area (Å²) in [5.74, 6) is 0. The molecule has 0 aliphatic carbocycles. The quantitative estimate of drug-likeness (QED) is 0.794. The Morgan fingerprint density at radius 1 is 1.31 bits per heavy atom. The van der Waals surface area contributed by atoms with Crippen molar-refractivity contribution in [1.82, 2.24) is 0 Å². The highest BCUT2D eigenvalue weighted by Crippen LogP contribution is 2.15. The normalized spacial score (nSPS) is 20.4. The van der Waals surface area contributed by atoms with Crippen molar-refractivity contribution in [3.63, 3.8) is 0 Å². The zero-order valence-electron chi connectivity index (χ0n) is 9.32. The number of ether oxygens (including phenoxy) is 2. The summed E-state index contributed by atoms with van der Waals surface area (Å²) in [5, 5.41) is 0. The Balaban J connectivity index is 1.79. The highest BCUT2D eigenvalue weighted by Gasteiger charge is 2.13. The molecule has 1 aromatic carbocycles. The molecule has 1 unspecified atom stereocenters. The smallest absolute Gasteiger partial charge is 0.353 e. The van der Waals surface area contributed by atoms with Crippen LogP contribution in [0.3, 0.4) is 0 Å². The average Bonchev–Trinajstić information content (AvgIpc) is 2.38. The Labute approximate surface area is 112 Å². The van der Waals surface area contributed by atoms with Crippen LogP contribution in [0.5, 0.6) is 0 Å². The van der Waals surface area contributed by atoms with E-state index in [1.165, 1.54) is 22.1 Å². The van der Waals surface area contributed by atoms with Crippen LogP contribution in [-0.2, 0) is 16.1 Å². The minimum absolute atomic E-state index is 0.0129. The summed E-state index contributed by atoms with van der Waals surface area (Å²) in [6, 6.07) is 8.65. The molecule has 0 spiro atoms. The summed E-state index contributed by atoms with van der Waals surface area (Å²) < 4.78 is 12.7. The van der Waals surface area contributed by atoms with Crippen LogP contribution in [0.2, 0.25) is 0 Å². The minimum atomic E-state index is -0.211. The van der Waals surface area contributed by atoms with E-state index < -0.39 is 0 Å². The van der Waals surface area contributed by atoms with Gasteiger partial charge in [-0.3, -0.25) is 12.9 Å². The van der Waals surface area contributed by atoms with Crippen molar-refractivity contribution in [3.8, 4) is 0 Å². The molecule has 1 saturated heterocycles. The number of benzene rings is 1. The Bertz CT molecular complexity index is 309. The largest absolute Gasteiger partial charge is 0.506 e. The van der Waals surface area contributed by atoms with Gasteiger partial charge in [0.15, 0.2) is 6.29 Å². The molecule has 0 aromatic heterocycles. The lowest BCUT2D eigenvalue weighted by Gasteiger charge is -2.22. The molecule has 1 aromatic rings. The maximum atomic E-state index is 5.72. The molecule has 4 heteroatoms. The van der Waals surface area contributed by atoms with E-state index in [4.69, 9.17) is 9.47 Å². The van der Waals surface area contributed by atoms with Crippen LogP contribution in [0.25, 0.3) is 0 Å². The molecule has 1 aliphatic heterocycles. The van der Waals surface area contributed by atoms with Gasteiger partial charge in [-0.1, -0.05) is 24.3 Å². The van der Waals surface area contributed by atoms with Gasteiger partial charge in [-0.2, -0.15) is 3.69 Å². The molecule has 2 rings (SSSR count). The number of rotatable bonds is 4. The molecule has 0 radical (unpaired) electrons. The predicted octanol–water partition coefficient (Wildman–Crippen LogP) is 2.37. The third kappa shape index (κ3) is 4.00. The van der Waals surface area contributed by atoms with Crippen LogP contribution >= 0.6 is 12.9 Å². The van der Waals surface area contributed by atoms with Gasteiger partial charge in [-0.15, -0.1) is 0 Å². The molecule has 16 heavy (non-hydrogen) atoms. The fourth-order valence-corrected chi connectivity index (χ4v) is 3.29. The Kier molecular flexibility index (Phi) is 5.58. The van der Waals surface area contributed by atoms with Crippen LogP contribution in [0, 0.1) is 0 Å². The van der Waals surface area contributed by atoms with Crippen molar-refractivity contribution in [3.05, 3.63) is 29.8 Å². The fourth-order valence-electron chi connectivity index (χ4n) is 1.76. The molecule has 0 amide bonds. The monoisotopic (exact) mass is 294 g/mol. The Morgan fingerprint density at radius 2 is 2.12 bits per heavy atom. The first-order valence-electron chi connectivity index (χ1n) is 5.75. The zero-order chi connectivity index (χ0) is 11.2. The van der Waals surface area contributed by atoms with E-state index in [1.807, 2.05) is 0 Å². The second-order valence-electron chi connectivity index (χ2n) is 4.06. The summed E-state index contributed by atoms with van der Waals surface area (Å²) in [6.07, 6.45) is 3.44. The molecule has 1 fully saturated rings. The highest BCUT2D eigenvalue weighted by molar-refractivity contribution is 9.23. The molecule has 2 nitrogen and oxygen atoms in total. The Hall–Kier alpha value is 0.386. The van der Waals surface area contributed by atoms with E-state index in [-0.39, 0.29) is 24.5 Å². The van der Waals surface area contributed by atoms with Crippen molar-refractivity contribution in [2.45, 2.75) is 32.2 Å². The van der Waals surface area contributed by atoms with Gasteiger partial charge in [-0.25, -0.2) is 0 Å². The lowest BCUT2D eigenvalue weighted by molar-refractivity contribution is -0.168. The van der Waals surface area contributed by atoms with Crippen molar-refractivity contribution in [1.29, 1.82) is 0 Å². The van der Waals surface area contributed by atoms with Crippen LogP contribution in [-0.4, -0.2) is 31.1 Å². The predicted molar refractivity (Wildman–Crippen MR) is 69.1 cm³/mol. The number of hydrogen-bond acceptors (Lipinski definition) is 2. The van der Waals surface area contributed by atoms with Gasteiger partial charge in [-0.05, 0) is 24.8 Å². The van der Waals surface area contributed by atoms with Crippen molar-refractivity contribution in [2.75, 3.05) is 6.61 Å². The van der Waals surface area contributed by atoms with Gasteiger partial charge in [0.05, 0.1) is 6.61 Å². The summed E-state index contributed by atoms with van der Waals surface area (Å²) in [6.45, 7) is 1.51. The second-order valence-corrected chi connectivity index (χ2v) is 6.82. The number of hydrogen-bond donors (Lipinski definition) is 0. The van der Waals surface area contributed by atoms with E-state index in [0.29, 0.717) is 6.61 Å². The maximum absolute atomic E-state index is 5.72. The van der Waals surface area contributed by atoms with Gasteiger partial charge in [0, 0.05) is 6.61 Å². The zero-order valence-corrected chi connectivity index (χ0v) is 12.3. The first-order chi connectivity index (χ1) is 7.88. The SMILES string of the molecule is [Br][Mg][c]1ccc(COC2CCCCO2)cc1. The lowest BCUT2D eigenvalue weighted by Crippen LogP contribution is -2.22. The molecular formula is C12H15BrMgO2. The van der Waals surface area contributed by atoms with Crippen molar-refractivity contribution in [2.24, 2.45) is 0 Å². The average molecular weight is 295 g/mol. The maximum Gasteiger partial charge on any atom is 0.506 e. The van der Waals surface area contributed by atoms with E-state index in [0.717, 1.165) is 13.0 Å². The first-order valence-corrected chi connectivity index (χ1v) is 10.4. The number of halogens is 1. The molecule has 1 heterocycles. The van der Waals surface area contributed by atoms with E-state index >= 15 is 0 Å². The highest BCUT2D eigenvalue weighted by atomic mass is 79.9. The lowest BCUT2D eigenvalue weighted by atomic mass is 10.2. The standard InChI is InChI=1S/C12H15O2.BrH.Mg/c1-2-6-11(7-3-1)10-14-12-8-4-5-9-13-12;;/h2-3,6-7,12H,4-5,8-10H2;1H;/q;;+1/p-1. The third-order valence-corrected chi connectivity index (χ3v) is 5.47. The summed E-state index contributed by atoms with van der Waals surface area (Å²) in [7, 11) is 0. The molecule has 0 saturated carbocycles. The van der Waals surface area contributed by atoms with Crippen molar-refractivity contribution < 1.29 is 9.47 Å². The molecule has 1 aliphatic rings. The van der Waals surface area contributed by atoms with Crippen molar-refractivity contribution >= 4 is 34.8 Å². The molecular weight excluding hydrogens is 280 g/mol. The molecule has 0 N–H and O–H groups in total. The van der Waals surface area contributed by atoms with Gasteiger partial charge in [0.2, 0.25) is 0 Å². The first kappa shape index (κ1) is 12.8. The van der Waals surface area contributed by atoms with Crippen LogP contribution in [0.15, 0.2) is 24.3 Å². The van der Waals surface area contributed by atoms with Gasteiger partial charge in [0.25, 0.3) is 0 Å². The summed E-state index contributed by atoms with van der Waals surface area (Å²) >= 11 is 3.36. The van der Waals surface area contributed by atoms with E-state index in [9.17, 15) is 0 Å². The molecule has 0 bridgehead atoms. The summed E-state index contributed by atoms with van der Waals surface area (Å²) in [5.41, 5.74) is 1.23. The van der Waals surface area contributed by atoms with E-state index in [2.05, 4.69) is 37.1 Å². The topological polar surface area (TPSA) is 18.5 Å². The van der Waals surface area contributed by atoms with Gasteiger partial charge >= 0.3 is 18.2 Å². The third-order valence-electron chi connectivity index (χ3n) is 2.75. The molecule has 1 atom stereocenters. The van der Waals surface area contributed by atoms with Gasteiger partial charge in [0.1, 0.15) is 0 Å². The second kappa shape index (κ2) is 6.96. The summed E-state index contributed by atoms with van der Waals surface area (Å²) in [4.78, 5) is 0. The Morgan fingerprint density at radius 3 is 2.75 bits per heavy atom. The van der Waals surface area contributed by atoms with Crippen LogP contribution in [0.1, 0.15) is 24.8 Å².